The van der Waals surface area contributed by atoms with E-state index in [4.69, 9.17) is 4.74 Å². The molecule has 0 radical (unpaired) electrons. The Labute approximate surface area is 134 Å². The lowest BCUT2D eigenvalue weighted by Crippen LogP contribution is -2.59. The van der Waals surface area contributed by atoms with Crippen LogP contribution < -0.4 is 5.32 Å². The topological polar surface area (TPSA) is 44.8 Å². The highest BCUT2D eigenvalue weighted by atomic mass is 16.5. The van der Waals surface area contributed by atoms with Gasteiger partial charge in [-0.15, -0.1) is 0 Å². The molecular formula is C17H31N3O2. The first kappa shape index (κ1) is 16.1. The second-order valence-electron chi connectivity index (χ2n) is 8.34. The predicted octanol–water partition coefficient (Wildman–Crippen LogP) is 2.21. The summed E-state index contributed by atoms with van der Waals surface area (Å²) < 4.78 is 5.55. The molecule has 1 N–H and O–H groups in total. The van der Waals surface area contributed by atoms with Crippen LogP contribution in [0.25, 0.3) is 0 Å². The van der Waals surface area contributed by atoms with Gasteiger partial charge in [0.1, 0.15) is 0 Å². The number of rotatable bonds is 4. The van der Waals surface area contributed by atoms with Crippen LogP contribution in [0.15, 0.2) is 0 Å². The zero-order valence-electron chi connectivity index (χ0n) is 14.7. The fourth-order valence-electron chi connectivity index (χ4n) is 4.82. The molecular weight excluding hydrogens is 278 g/mol. The molecule has 22 heavy (non-hydrogen) atoms. The first-order valence-electron chi connectivity index (χ1n) is 8.66. The third-order valence-electron chi connectivity index (χ3n) is 5.70. The van der Waals surface area contributed by atoms with E-state index in [0.717, 1.165) is 19.4 Å². The molecule has 2 bridgehead atoms. The van der Waals surface area contributed by atoms with Crippen molar-refractivity contribution in [3.05, 3.63) is 0 Å². The van der Waals surface area contributed by atoms with Crippen molar-refractivity contribution in [2.45, 2.75) is 82.6 Å². The Kier molecular flexibility index (Phi) is 3.92. The van der Waals surface area contributed by atoms with Crippen molar-refractivity contribution >= 4 is 6.03 Å². The highest BCUT2D eigenvalue weighted by Crippen LogP contribution is 2.43. The molecule has 3 rings (SSSR count). The number of amides is 2. The summed E-state index contributed by atoms with van der Waals surface area (Å²) in [6.07, 6.45) is 4.71. The number of hydrogen-bond acceptors (Lipinski definition) is 3. The van der Waals surface area contributed by atoms with Crippen molar-refractivity contribution in [1.29, 1.82) is 0 Å². The zero-order chi connectivity index (χ0) is 16.1. The van der Waals surface area contributed by atoms with Crippen LogP contribution in [0.1, 0.15) is 53.4 Å². The Morgan fingerprint density at radius 3 is 2.41 bits per heavy atom. The Morgan fingerprint density at radius 1 is 1.32 bits per heavy atom. The molecule has 2 unspecified atom stereocenters. The summed E-state index contributed by atoms with van der Waals surface area (Å²) in [6.45, 7) is 9.92. The lowest BCUT2D eigenvalue weighted by atomic mass is 9.82. The molecule has 0 aliphatic carbocycles. The van der Waals surface area contributed by atoms with Crippen molar-refractivity contribution in [2.75, 3.05) is 20.2 Å². The number of methoxy groups -OCH3 is 1. The van der Waals surface area contributed by atoms with Crippen molar-refractivity contribution < 1.29 is 9.53 Å². The number of ether oxygens (including phenoxy) is 1. The monoisotopic (exact) mass is 309 g/mol. The number of nitrogens with one attached hydrogen (secondary N) is 1. The van der Waals surface area contributed by atoms with Crippen LogP contribution in [-0.2, 0) is 4.74 Å². The SMILES string of the molecule is COC(C)(C)CN1CC2(CC3CCC(C2)N3)N(C(C)C)C1=O. The minimum absolute atomic E-state index is 0.0200. The van der Waals surface area contributed by atoms with Crippen LogP contribution in [-0.4, -0.2) is 65.3 Å². The van der Waals surface area contributed by atoms with Gasteiger partial charge in [0.15, 0.2) is 0 Å². The van der Waals surface area contributed by atoms with Crippen LogP contribution in [0, 0.1) is 0 Å². The van der Waals surface area contributed by atoms with Crippen LogP contribution in [0.4, 0.5) is 4.79 Å². The third-order valence-corrected chi connectivity index (χ3v) is 5.70. The number of fused-ring (bicyclic) bond motifs is 2. The van der Waals surface area contributed by atoms with Crippen LogP contribution in [0.5, 0.6) is 0 Å². The van der Waals surface area contributed by atoms with Crippen molar-refractivity contribution in [2.24, 2.45) is 0 Å². The Morgan fingerprint density at radius 2 is 1.91 bits per heavy atom. The van der Waals surface area contributed by atoms with E-state index in [-0.39, 0.29) is 23.2 Å². The van der Waals surface area contributed by atoms with Gasteiger partial charge in [-0.2, -0.15) is 0 Å². The lowest BCUT2D eigenvalue weighted by Gasteiger charge is -2.45. The van der Waals surface area contributed by atoms with Gasteiger partial charge >= 0.3 is 6.03 Å². The number of piperidine rings is 1. The van der Waals surface area contributed by atoms with E-state index in [0.29, 0.717) is 18.6 Å². The molecule has 126 valence electrons. The summed E-state index contributed by atoms with van der Waals surface area (Å²) in [6, 6.07) is 1.62. The molecule has 2 amide bonds. The van der Waals surface area contributed by atoms with Gasteiger partial charge in [-0.3, -0.25) is 0 Å². The molecule has 0 aromatic heterocycles. The number of nitrogens with zero attached hydrogens (tertiary/aromatic N) is 2. The average molecular weight is 309 g/mol. The van der Waals surface area contributed by atoms with Gasteiger partial charge in [-0.25, -0.2) is 4.79 Å². The summed E-state index contributed by atoms with van der Waals surface area (Å²) >= 11 is 0. The van der Waals surface area contributed by atoms with E-state index in [9.17, 15) is 4.79 Å². The molecule has 3 aliphatic rings. The van der Waals surface area contributed by atoms with Gasteiger partial charge < -0.3 is 19.9 Å². The van der Waals surface area contributed by atoms with Gasteiger partial charge in [-0.1, -0.05) is 0 Å². The molecule has 5 nitrogen and oxygen atoms in total. The zero-order valence-corrected chi connectivity index (χ0v) is 14.7. The second kappa shape index (κ2) is 5.38. The highest BCUT2D eigenvalue weighted by molar-refractivity contribution is 5.79. The molecule has 1 spiro atoms. The standard InChI is InChI=1S/C17H31N3O2/c1-12(2)20-15(21)19(10-16(3,4)22-5)11-17(20)8-13-6-7-14(9-17)18-13/h12-14,18H,6-11H2,1-5H3. The Bertz CT molecular complexity index is 437. The van der Waals surface area contributed by atoms with Gasteiger partial charge in [0, 0.05) is 31.8 Å². The van der Waals surface area contributed by atoms with E-state index in [1.165, 1.54) is 12.8 Å². The fourth-order valence-corrected chi connectivity index (χ4v) is 4.82. The van der Waals surface area contributed by atoms with E-state index >= 15 is 0 Å². The average Bonchev–Trinajstić information content (AvgIpc) is 2.88. The number of carbonyl (C=O) groups excluding carboxylic acids is 1. The molecule has 0 aromatic carbocycles. The van der Waals surface area contributed by atoms with Gasteiger partial charge in [0.2, 0.25) is 0 Å². The molecule has 3 aliphatic heterocycles. The molecule has 0 aromatic rings. The molecule has 5 heteroatoms. The van der Waals surface area contributed by atoms with Crippen molar-refractivity contribution in [3.63, 3.8) is 0 Å². The van der Waals surface area contributed by atoms with Crippen molar-refractivity contribution in [3.8, 4) is 0 Å². The predicted molar refractivity (Wildman–Crippen MR) is 86.9 cm³/mol. The van der Waals surface area contributed by atoms with Gasteiger partial charge in [0.05, 0.1) is 17.7 Å². The minimum atomic E-state index is -0.296. The molecule has 3 heterocycles. The largest absolute Gasteiger partial charge is 0.377 e. The third kappa shape index (κ3) is 2.62. The summed E-state index contributed by atoms with van der Waals surface area (Å²) in [5, 5.41) is 3.71. The highest BCUT2D eigenvalue weighted by Gasteiger charge is 2.56. The first-order chi connectivity index (χ1) is 10.3. The van der Waals surface area contributed by atoms with E-state index in [2.05, 4.69) is 37.9 Å². The number of carbonyl (C=O) groups is 1. The summed E-state index contributed by atoms with van der Waals surface area (Å²) in [7, 11) is 1.72. The van der Waals surface area contributed by atoms with E-state index in [1.807, 2.05) is 4.90 Å². The summed E-state index contributed by atoms with van der Waals surface area (Å²) in [5.74, 6) is 0. The van der Waals surface area contributed by atoms with Crippen LogP contribution in [0.2, 0.25) is 0 Å². The quantitative estimate of drug-likeness (QED) is 0.866. The lowest BCUT2D eigenvalue weighted by molar-refractivity contribution is 0.00227. The van der Waals surface area contributed by atoms with Crippen molar-refractivity contribution in [1.82, 2.24) is 15.1 Å². The van der Waals surface area contributed by atoms with Gasteiger partial charge in [0.25, 0.3) is 0 Å². The van der Waals surface area contributed by atoms with E-state index < -0.39 is 0 Å². The van der Waals surface area contributed by atoms with Crippen LogP contribution in [0.3, 0.4) is 0 Å². The second-order valence-corrected chi connectivity index (χ2v) is 8.34. The maximum atomic E-state index is 13.0. The summed E-state index contributed by atoms with van der Waals surface area (Å²) in [4.78, 5) is 17.2. The van der Waals surface area contributed by atoms with Gasteiger partial charge in [-0.05, 0) is 53.4 Å². The molecule has 0 saturated carbocycles. The molecule has 3 fully saturated rings. The Hall–Kier alpha value is -0.810. The normalized spacial score (nSPS) is 35.3. The molecule has 2 atom stereocenters. The first-order valence-corrected chi connectivity index (χ1v) is 8.66. The van der Waals surface area contributed by atoms with Crippen LogP contribution >= 0.6 is 0 Å². The molecule has 3 saturated heterocycles. The summed E-state index contributed by atoms with van der Waals surface area (Å²) in [5.41, 5.74) is -0.276. The number of hydrogen-bond donors (Lipinski definition) is 1. The van der Waals surface area contributed by atoms with E-state index in [1.54, 1.807) is 7.11 Å². The maximum Gasteiger partial charge on any atom is 0.320 e. The minimum Gasteiger partial charge on any atom is -0.377 e. The number of urea groups is 1. The Balaban J connectivity index is 1.85. The smallest absolute Gasteiger partial charge is 0.320 e. The fraction of sp³-hybridized carbons (Fsp3) is 0.941. The maximum absolute atomic E-state index is 13.0.